The number of hydrogen-bond acceptors (Lipinski definition) is 3. The van der Waals surface area contributed by atoms with E-state index < -0.39 is 0 Å². The molecular formula is C27H46O3. The highest BCUT2D eigenvalue weighted by Gasteiger charge is 2.61. The van der Waals surface area contributed by atoms with Crippen molar-refractivity contribution < 1.29 is 15.3 Å². The van der Waals surface area contributed by atoms with Gasteiger partial charge in [-0.15, -0.1) is 0 Å². The van der Waals surface area contributed by atoms with Crippen LogP contribution in [0.4, 0.5) is 0 Å². The molecule has 172 valence electrons. The molecule has 0 aliphatic heterocycles. The summed E-state index contributed by atoms with van der Waals surface area (Å²) in [6.07, 6.45) is 13.8. The normalized spacial score (nSPS) is 46.7. The third kappa shape index (κ3) is 3.71. The highest BCUT2D eigenvalue weighted by molar-refractivity contribution is 5.28. The van der Waals surface area contributed by atoms with Crippen LogP contribution in [-0.4, -0.2) is 22.6 Å². The fourth-order valence-electron chi connectivity index (χ4n) is 8.73. The van der Waals surface area contributed by atoms with E-state index in [4.69, 9.17) is 4.89 Å². The molecule has 3 nitrogen and oxygen atoms in total. The number of aliphatic hydroxyl groups excluding tert-OH is 1. The monoisotopic (exact) mass is 418 g/mol. The molecule has 4 aliphatic carbocycles. The van der Waals surface area contributed by atoms with Gasteiger partial charge in [-0.1, -0.05) is 65.5 Å². The molecule has 0 aromatic carbocycles. The SMILES string of the molecule is CC(C)CCC[C@@H](C)C1CCC2C3C(OO)C=C4C[C@@H](O)CC[C@]4(C)C3CC[C@@]21C. The molecule has 0 radical (unpaired) electrons. The lowest BCUT2D eigenvalue weighted by Crippen LogP contribution is -2.55. The molecule has 0 saturated heterocycles. The van der Waals surface area contributed by atoms with Crippen molar-refractivity contribution in [3.63, 3.8) is 0 Å². The van der Waals surface area contributed by atoms with E-state index in [-0.39, 0.29) is 17.6 Å². The van der Waals surface area contributed by atoms with Crippen LogP contribution < -0.4 is 0 Å². The van der Waals surface area contributed by atoms with E-state index in [9.17, 15) is 10.4 Å². The molecule has 4 aliphatic rings. The lowest BCUT2D eigenvalue weighted by Gasteiger charge is -2.59. The van der Waals surface area contributed by atoms with Gasteiger partial charge in [0.25, 0.3) is 0 Å². The van der Waals surface area contributed by atoms with Crippen LogP contribution in [0.5, 0.6) is 0 Å². The van der Waals surface area contributed by atoms with Gasteiger partial charge >= 0.3 is 0 Å². The molecule has 0 amide bonds. The molecule has 30 heavy (non-hydrogen) atoms. The van der Waals surface area contributed by atoms with Crippen molar-refractivity contribution in [3.05, 3.63) is 11.6 Å². The van der Waals surface area contributed by atoms with Gasteiger partial charge in [0.1, 0.15) is 6.10 Å². The summed E-state index contributed by atoms with van der Waals surface area (Å²) in [7, 11) is 0. The zero-order valence-corrected chi connectivity index (χ0v) is 20.1. The summed E-state index contributed by atoms with van der Waals surface area (Å²) in [6.45, 7) is 12.2. The van der Waals surface area contributed by atoms with Crippen LogP contribution in [0.15, 0.2) is 11.6 Å². The Hall–Kier alpha value is -0.380. The van der Waals surface area contributed by atoms with Crippen LogP contribution in [0, 0.1) is 46.3 Å². The lowest BCUT2D eigenvalue weighted by atomic mass is 9.46. The van der Waals surface area contributed by atoms with Gasteiger partial charge in [0.2, 0.25) is 0 Å². The fraction of sp³-hybridized carbons (Fsp3) is 0.926. The number of aliphatic hydroxyl groups is 1. The van der Waals surface area contributed by atoms with Gasteiger partial charge in [0, 0.05) is 0 Å². The van der Waals surface area contributed by atoms with E-state index in [1.54, 1.807) is 0 Å². The topological polar surface area (TPSA) is 49.7 Å². The van der Waals surface area contributed by atoms with E-state index >= 15 is 0 Å². The second-order valence-electron chi connectivity index (χ2n) is 12.4. The Kier molecular flexibility index (Phi) is 6.48. The molecule has 0 spiro atoms. The summed E-state index contributed by atoms with van der Waals surface area (Å²) in [5, 5.41) is 20.2. The van der Waals surface area contributed by atoms with Gasteiger partial charge in [-0.05, 0) is 91.3 Å². The van der Waals surface area contributed by atoms with Crippen molar-refractivity contribution in [2.45, 2.75) is 111 Å². The van der Waals surface area contributed by atoms with E-state index in [0.29, 0.717) is 23.2 Å². The zero-order valence-electron chi connectivity index (χ0n) is 20.1. The minimum Gasteiger partial charge on any atom is -0.393 e. The highest BCUT2D eigenvalue weighted by atomic mass is 17.1. The minimum atomic E-state index is -0.225. The molecule has 0 aromatic rings. The first kappa shape index (κ1) is 22.8. The molecule has 0 heterocycles. The van der Waals surface area contributed by atoms with Crippen LogP contribution in [0.2, 0.25) is 0 Å². The van der Waals surface area contributed by atoms with Gasteiger partial charge < -0.3 is 5.11 Å². The standard InChI is InChI=1S/C27H46O3/c1-17(2)7-6-8-18(3)21-9-10-22-25-23(12-14-27(21,22)5)26(4)13-11-20(28)15-19(26)16-24(25)30-29/h16-18,20-25,28-29H,6-15H2,1-5H3/t18-,20+,21?,22?,23?,24?,25?,26+,27-/m1/s1. The maximum absolute atomic E-state index is 10.3. The lowest BCUT2D eigenvalue weighted by molar-refractivity contribution is -0.296. The Morgan fingerprint density at radius 1 is 1.03 bits per heavy atom. The van der Waals surface area contributed by atoms with Gasteiger partial charge in [-0.3, -0.25) is 5.26 Å². The van der Waals surface area contributed by atoms with Crippen molar-refractivity contribution in [2.24, 2.45) is 46.3 Å². The molecule has 2 N–H and O–H groups in total. The molecule has 0 bridgehead atoms. The van der Waals surface area contributed by atoms with Crippen molar-refractivity contribution in [3.8, 4) is 0 Å². The first-order valence-corrected chi connectivity index (χ1v) is 12.9. The van der Waals surface area contributed by atoms with Crippen molar-refractivity contribution in [2.75, 3.05) is 0 Å². The summed E-state index contributed by atoms with van der Waals surface area (Å²) in [5.74, 6) is 4.05. The zero-order chi connectivity index (χ0) is 21.7. The average Bonchev–Trinajstić information content (AvgIpc) is 3.05. The maximum Gasteiger partial charge on any atom is 0.114 e. The second kappa shape index (κ2) is 8.52. The Morgan fingerprint density at radius 2 is 1.80 bits per heavy atom. The smallest absolute Gasteiger partial charge is 0.114 e. The molecule has 3 fully saturated rings. The predicted octanol–water partition coefficient (Wildman–Crippen LogP) is 6.86. The Morgan fingerprint density at radius 3 is 2.50 bits per heavy atom. The number of fused-ring (bicyclic) bond motifs is 5. The summed E-state index contributed by atoms with van der Waals surface area (Å²) < 4.78 is 0. The summed E-state index contributed by atoms with van der Waals surface area (Å²) in [6, 6.07) is 0. The first-order chi connectivity index (χ1) is 14.2. The van der Waals surface area contributed by atoms with Gasteiger partial charge in [-0.2, -0.15) is 0 Å². The minimum absolute atomic E-state index is 0.182. The van der Waals surface area contributed by atoms with Crippen molar-refractivity contribution in [1.82, 2.24) is 0 Å². The van der Waals surface area contributed by atoms with Crippen molar-refractivity contribution in [1.29, 1.82) is 0 Å². The third-order valence-corrected chi connectivity index (χ3v) is 10.4. The van der Waals surface area contributed by atoms with Gasteiger partial charge in [0.05, 0.1) is 6.10 Å². The Balaban J connectivity index is 1.56. The van der Waals surface area contributed by atoms with Crippen LogP contribution in [0.25, 0.3) is 0 Å². The van der Waals surface area contributed by atoms with E-state index in [1.807, 2.05) is 0 Å². The summed E-state index contributed by atoms with van der Waals surface area (Å²) >= 11 is 0. The molecule has 0 aromatic heterocycles. The van der Waals surface area contributed by atoms with Crippen LogP contribution >= 0.6 is 0 Å². The largest absolute Gasteiger partial charge is 0.393 e. The number of rotatable bonds is 6. The van der Waals surface area contributed by atoms with Gasteiger partial charge in [0.15, 0.2) is 0 Å². The molecule has 9 atom stereocenters. The van der Waals surface area contributed by atoms with Crippen LogP contribution in [0.3, 0.4) is 0 Å². The Labute approximate surface area is 184 Å². The van der Waals surface area contributed by atoms with Crippen LogP contribution in [0.1, 0.15) is 98.8 Å². The quantitative estimate of drug-likeness (QED) is 0.281. The maximum atomic E-state index is 10.3. The average molecular weight is 419 g/mol. The molecule has 3 heteroatoms. The molecule has 3 saturated carbocycles. The summed E-state index contributed by atoms with van der Waals surface area (Å²) in [4.78, 5) is 5.17. The van der Waals surface area contributed by atoms with E-state index in [2.05, 4.69) is 40.7 Å². The third-order valence-electron chi connectivity index (χ3n) is 10.4. The predicted molar refractivity (Wildman–Crippen MR) is 122 cm³/mol. The number of hydrogen-bond donors (Lipinski definition) is 2. The first-order valence-electron chi connectivity index (χ1n) is 12.9. The Bertz CT molecular complexity index is 642. The summed E-state index contributed by atoms with van der Waals surface area (Å²) in [5.41, 5.74) is 1.91. The van der Waals surface area contributed by atoms with Crippen molar-refractivity contribution >= 4 is 0 Å². The van der Waals surface area contributed by atoms with E-state index in [0.717, 1.165) is 37.0 Å². The second-order valence-corrected chi connectivity index (χ2v) is 12.4. The molecule has 4 rings (SSSR count). The molecule has 5 unspecified atom stereocenters. The van der Waals surface area contributed by atoms with Crippen LogP contribution in [-0.2, 0) is 4.89 Å². The van der Waals surface area contributed by atoms with Gasteiger partial charge in [-0.25, -0.2) is 4.89 Å². The van der Waals surface area contributed by atoms with E-state index in [1.165, 1.54) is 50.5 Å². The molecular weight excluding hydrogens is 372 g/mol. The fourth-order valence-corrected chi connectivity index (χ4v) is 8.73. The highest BCUT2D eigenvalue weighted by Crippen LogP contribution is 2.67.